The Bertz CT molecular complexity index is 170. The van der Waals surface area contributed by atoms with Gasteiger partial charge in [0, 0.05) is 6.04 Å². The first kappa shape index (κ1) is 11.8. The Balaban J connectivity index is 2.19. The molecule has 1 fully saturated rings. The van der Waals surface area contributed by atoms with Crippen molar-refractivity contribution in [3.63, 3.8) is 0 Å². The molecule has 14 heavy (non-hydrogen) atoms. The van der Waals surface area contributed by atoms with E-state index in [0.717, 1.165) is 12.8 Å². The predicted molar refractivity (Wildman–Crippen MR) is 48.3 cm³/mol. The van der Waals surface area contributed by atoms with Gasteiger partial charge in [-0.1, -0.05) is 0 Å². The standard InChI is InChI=1S/C9H17F2NO2/c10-9(11,6-13)5-12-7-1-3-8(14)4-2-7/h7-8,12-14H,1-6H2. The zero-order valence-corrected chi connectivity index (χ0v) is 8.05. The number of aliphatic hydroxyl groups is 2. The Morgan fingerprint density at radius 2 is 1.79 bits per heavy atom. The van der Waals surface area contributed by atoms with Gasteiger partial charge in [0.1, 0.15) is 6.61 Å². The highest BCUT2D eigenvalue weighted by molar-refractivity contribution is 4.79. The van der Waals surface area contributed by atoms with E-state index >= 15 is 0 Å². The molecule has 84 valence electrons. The third-order valence-electron chi connectivity index (χ3n) is 2.58. The molecule has 1 saturated carbocycles. The minimum Gasteiger partial charge on any atom is -0.393 e. The maximum atomic E-state index is 12.6. The predicted octanol–water partition coefficient (Wildman–Crippen LogP) is 0.507. The lowest BCUT2D eigenvalue weighted by Crippen LogP contribution is -2.43. The van der Waals surface area contributed by atoms with Gasteiger partial charge >= 0.3 is 0 Å². The summed E-state index contributed by atoms with van der Waals surface area (Å²) in [4.78, 5) is 0. The number of alkyl halides is 2. The van der Waals surface area contributed by atoms with E-state index < -0.39 is 19.1 Å². The van der Waals surface area contributed by atoms with Gasteiger partial charge in [0.15, 0.2) is 0 Å². The van der Waals surface area contributed by atoms with Crippen LogP contribution < -0.4 is 5.32 Å². The molecule has 0 aromatic carbocycles. The molecule has 0 spiro atoms. The third kappa shape index (κ3) is 3.86. The van der Waals surface area contributed by atoms with Crippen LogP contribution in [0.5, 0.6) is 0 Å². The molecular formula is C9H17F2NO2. The third-order valence-corrected chi connectivity index (χ3v) is 2.58. The largest absolute Gasteiger partial charge is 0.393 e. The van der Waals surface area contributed by atoms with Crippen LogP contribution in [0.3, 0.4) is 0 Å². The van der Waals surface area contributed by atoms with E-state index in [9.17, 15) is 13.9 Å². The summed E-state index contributed by atoms with van der Waals surface area (Å²) >= 11 is 0. The molecule has 0 amide bonds. The summed E-state index contributed by atoms with van der Waals surface area (Å²) in [6.45, 7) is -1.60. The first-order valence-corrected chi connectivity index (χ1v) is 4.93. The SMILES string of the molecule is OCC(F)(F)CNC1CCC(O)CC1. The van der Waals surface area contributed by atoms with E-state index in [1.165, 1.54) is 0 Å². The van der Waals surface area contributed by atoms with Crippen molar-refractivity contribution in [3.8, 4) is 0 Å². The van der Waals surface area contributed by atoms with Crippen molar-refractivity contribution >= 4 is 0 Å². The van der Waals surface area contributed by atoms with Crippen molar-refractivity contribution in [2.24, 2.45) is 0 Å². The zero-order valence-electron chi connectivity index (χ0n) is 8.05. The van der Waals surface area contributed by atoms with Gasteiger partial charge < -0.3 is 15.5 Å². The molecule has 0 heterocycles. The van der Waals surface area contributed by atoms with Crippen LogP contribution in [0, 0.1) is 0 Å². The summed E-state index contributed by atoms with van der Waals surface area (Å²) in [5.74, 6) is -3.03. The molecule has 1 aliphatic rings. The Labute approximate surface area is 82.1 Å². The summed E-state index contributed by atoms with van der Waals surface area (Å²) in [7, 11) is 0. The van der Waals surface area contributed by atoms with Gasteiger partial charge in [-0.2, -0.15) is 0 Å². The zero-order chi connectivity index (χ0) is 10.6. The average molecular weight is 209 g/mol. The van der Waals surface area contributed by atoms with Gasteiger partial charge in [-0.25, -0.2) is 8.78 Å². The lowest BCUT2D eigenvalue weighted by molar-refractivity contribution is -0.0506. The molecule has 0 aliphatic heterocycles. The lowest BCUT2D eigenvalue weighted by atomic mass is 9.93. The fourth-order valence-electron chi connectivity index (χ4n) is 1.63. The minimum atomic E-state index is -3.03. The first-order valence-electron chi connectivity index (χ1n) is 4.93. The first-order chi connectivity index (χ1) is 6.53. The van der Waals surface area contributed by atoms with E-state index in [-0.39, 0.29) is 12.1 Å². The van der Waals surface area contributed by atoms with Gasteiger partial charge in [0.2, 0.25) is 0 Å². The summed E-state index contributed by atoms with van der Waals surface area (Å²) in [6, 6.07) is 0.0517. The molecule has 0 aromatic heterocycles. The molecule has 3 N–H and O–H groups in total. The van der Waals surface area contributed by atoms with Gasteiger partial charge in [0.05, 0.1) is 12.6 Å². The molecule has 0 bridgehead atoms. The Morgan fingerprint density at radius 1 is 1.21 bits per heavy atom. The van der Waals surface area contributed by atoms with E-state index in [0.29, 0.717) is 12.8 Å². The fraction of sp³-hybridized carbons (Fsp3) is 1.00. The number of halogens is 2. The Morgan fingerprint density at radius 3 is 2.29 bits per heavy atom. The molecule has 1 aliphatic carbocycles. The monoisotopic (exact) mass is 209 g/mol. The second-order valence-corrected chi connectivity index (χ2v) is 3.90. The van der Waals surface area contributed by atoms with Crippen molar-refractivity contribution in [3.05, 3.63) is 0 Å². The number of hydrogen-bond acceptors (Lipinski definition) is 3. The van der Waals surface area contributed by atoms with Crippen molar-refractivity contribution in [2.45, 2.75) is 43.8 Å². The van der Waals surface area contributed by atoms with Gasteiger partial charge in [-0.05, 0) is 25.7 Å². The summed E-state index contributed by atoms with van der Waals surface area (Å²) in [5, 5.41) is 20.2. The van der Waals surface area contributed by atoms with E-state index in [1.54, 1.807) is 0 Å². The smallest absolute Gasteiger partial charge is 0.282 e. The van der Waals surface area contributed by atoms with Crippen LogP contribution in [0.1, 0.15) is 25.7 Å². The quantitative estimate of drug-likeness (QED) is 0.632. The van der Waals surface area contributed by atoms with E-state index in [1.807, 2.05) is 0 Å². The van der Waals surface area contributed by atoms with Crippen LogP contribution in [0.4, 0.5) is 8.78 Å². The maximum Gasteiger partial charge on any atom is 0.282 e. The van der Waals surface area contributed by atoms with Crippen molar-refractivity contribution in [1.82, 2.24) is 5.32 Å². The second kappa shape index (κ2) is 5.00. The van der Waals surface area contributed by atoms with Crippen LogP contribution in [-0.2, 0) is 0 Å². The number of rotatable bonds is 4. The normalized spacial score (nSPS) is 29.1. The number of nitrogens with one attached hydrogen (secondary N) is 1. The Kier molecular flexibility index (Phi) is 4.22. The molecule has 5 heteroatoms. The van der Waals surface area contributed by atoms with Gasteiger partial charge in [-0.15, -0.1) is 0 Å². The molecule has 3 nitrogen and oxygen atoms in total. The summed E-state index contributed by atoms with van der Waals surface area (Å²) < 4.78 is 25.2. The molecular weight excluding hydrogens is 192 g/mol. The number of aliphatic hydroxyl groups excluding tert-OH is 2. The van der Waals surface area contributed by atoms with Crippen molar-refractivity contribution in [1.29, 1.82) is 0 Å². The second-order valence-electron chi connectivity index (χ2n) is 3.90. The van der Waals surface area contributed by atoms with E-state index in [2.05, 4.69) is 5.32 Å². The summed E-state index contributed by atoms with van der Waals surface area (Å²) in [5.41, 5.74) is 0. The van der Waals surface area contributed by atoms with Crippen LogP contribution in [0.25, 0.3) is 0 Å². The highest BCUT2D eigenvalue weighted by Crippen LogP contribution is 2.19. The molecule has 0 saturated heterocycles. The van der Waals surface area contributed by atoms with Crippen molar-refractivity contribution < 1.29 is 19.0 Å². The highest BCUT2D eigenvalue weighted by atomic mass is 19.3. The Hall–Kier alpha value is -0.260. The fourth-order valence-corrected chi connectivity index (χ4v) is 1.63. The van der Waals surface area contributed by atoms with Crippen LogP contribution in [-0.4, -0.2) is 41.4 Å². The van der Waals surface area contributed by atoms with Gasteiger partial charge in [0.25, 0.3) is 5.92 Å². The van der Waals surface area contributed by atoms with E-state index in [4.69, 9.17) is 5.11 Å². The van der Waals surface area contributed by atoms with Crippen molar-refractivity contribution in [2.75, 3.05) is 13.2 Å². The molecule has 0 unspecified atom stereocenters. The molecule has 0 aromatic rings. The molecule has 0 radical (unpaired) electrons. The highest BCUT2D eigenvalue weighted by Gasteiger charge is 2.29. The molecule has 1 rings (SSSR count). The topological polar surface area (TPSA) is 52.5 Å². The molecule has 0 atom stereocenters. The van der Waals surface area contributed by atoms with Crippen LogP contribution >= 0.6 is 0 Å². The number of hydrogen-bond donors (Lipinski definition) is 3. The summed E-state index contributed by atoms with van der Waals surface area (Å²) in [6.07, 6.45) is 2.52. The van der Waals surface area contributed by atoms with Crippen LogP contribution in [0.2, 0.25) is 0 Å². The lowest BCUT2D eigenvalue weighted by Gasteiger charge is -2.27. The van der Waals surface area contributed by atoms with Gasteiger partial charge in [-0.3, -0.25) is 0 Å². The minimum absolute atomic E-state index is 0.0517. The van der Waals surface area contributed by atoms with Crippen LogP contribution in [0.15, 0.2) is 0 Å². The average Bonchev–Trinajstić information content (AvgIpc) is 2.17. The maximum absolute atomic E-state index is 12.6.